The second kappa shape index (κ2) is 23.9. The third kappa shape index (κ3) is 10.8. The Kier molecular flexibility index (Phi) is 18.3. The quantitative estimate of drug-likeness (QED) is 0.0835. The molecule has 4 aliphatic carbocycles. The van der Waals surface area contributed by atoms with Gasteiger partial charge in [-0.05, 0) is 111 Å². The molecule has 0 amide bonds. The highest BCUT2D eigenvalue weighted by Gasteiger charge is 2.72. The van der Waals surface area contributed by atoms with E-state index in [2.05, 4.69) is 34.6 Å². The van der Waals surface area contributed by atoms with E-state index in [-0.39, 0.29) is 28.5 Å². The highest BCUT2D eigenvalue weighted by molar-refractivity contribution is 5.19. The number of aliphatic hydroxyl groups is 15. The normalized spacial score (nSPS) is 59.2. The largest absolute Gasteiger partial charge is 0.394 e. The van der Waals surface area contributed by atoms with E-state index in [9.17, 15) is 76.6 Å². The van der Waals surface area contributed by atoms with Crippen molar-refractivity contribution in [2.45, 2.75) is 278 Å². The molecular weight excluding hydrogens is 1100 g/mol. The first-order valence-corrected chi connectivity index (χ1v) is 30.1. The van der Waals surface area contributed by atoms with Crippen molar-refractivity contribution in [1.29, 1.82) is 0 Å². The molecule has 4 saturated carbocycles. The molecular formula is C56H92O27. The Labute approximate surface area is 481 Å². The molecule has 0 aromatic heterocycles. The predicted octanol–water partition coefficient (Wildman–Crippen LogP) is -3.75. The molecule has 0 aromatic carbocycles. The highest BCUT2D eigenvalue weighted by Crippen LogP contribution is 2.75. The van der Waals surface area contributed by atoms with E-state index in [0.29, 0.717) is 35.5 Å². The smallest absolute Gasteiger partial charge is 0.189 e. The first kappa shape index (κ1) is 63.5. The van der Waals surface area contributed by atoms with Gasteiger partial charge in [-0.15, -0.1) is 0 Å². The van der Waals surface area contributed by atoms with Gasteiger partial charge in [0.15, 0.2) is 49.8 Å². The van der Waals surface area contributed by atoms with Gasteiger partial charge < -0.3 is 133 Å². The van der Waals surface area contributed by atoms with E-state index in [1.807, 2.05) is 0 Å². The lowest BCUT2D eigenvalue weighted by Gasteiger charge is -2.66. The molecule has 478 valence electrons. The zero-order valence-corrected chi connectivity index (χ0v) is 47.9. The summed E-state index contributed by atoms with van der Waals surface area (Å²) in [5.74, 6) is 2.39. The number of rotatable bonds is 12. The summed E-state index contributed by atoms with van der Waals surface area (Å²) in [4.78, 5) is 0. The Hall–Kier alpha value is -1.08. The Bertz CT molecular complexity index is 2200. The van der Waals surface area contributed by atoms with Crippen LogP contribution in [0.1, 0.15) is 106 Å². The third-order valence-corrected chi connectivity index (χ3v) is 22.5. The first-order valence-electron chi connectivity index (χ1n) is 30.1. The maximum Gasteiger partial charge on any atom is 0.189 e. The van der Waals surface area contributed by atoms with Crippen molar-refractivity contribution in [2.24, 2.45) is 51.8 Å². The number of aliphatic hydroxyl groups excluding tert-OH is 15. The minimum Gasteiger partial charge on any atom is -0.394 e. The predicted molar refractivity (Wildman–Crippen MR) is 274 cm³/mol. The lowest BCUT2D eigenvalue weighted by Crippen LogP contribution is -2.67. The summed E-state index contributed by atoms with van der Waals surface area (Å²) in [5, 5.41) is 162. The van der Waals surface area contributed by atoms with Gasteiger partial charge >= 0.3 is 0 Å². The van der Waals surface area contributed by atoms with Gasteiger partial charge in [0, 0.05) is 12.3 Å². The zero-order chi connectivity index (χ0) is 59.7. The first-order chi connectivity index (χ1) is 39.2. The number of hydrogen-bond acceptors (Lipinski definition) is 27. The van der Waals surface area contributed by atoms with Gasteiger partial charge in [-0.1, -0.05) is 34.6 Å². The van der Waals surface area contributed by atoms with Gasteiger partial charge in [-0.3, -0.25) is 0 Å². The summed E-state index contributed by atoms with van der Waals surface area (Å²) in [6.07, 6.45) is -36.0. The van der Waals surface area contributed by atoms with E-state index in [1.165, 1.54) is 6.42 Å². The molecule has 15 N–H and O–H groups in total. The summed E-state index contributed by atoms with van der Waals surface area (Å²) in [6.45, 7) is 12.7. The van der Waals surface area contributed by atoms with Crippen LogP contribution in [-0.4, -0.2) is 268 Å². The van der Waals surface area contributed by atoms with Crippen LogP contribution in [0.5, 0.6) is 0 Å². The Balaban J connectivity index is 0.675. The average molecular weight is 1200 g/mol. The highest BCUT2D eigenvalue weighted by atomic mass is 16.8. The SMILES string of the molecule is C[C@@H]1CC[C@@]2(OC1)OC1C[C@@H]3[C@](C)(CCC4[C@@]5(C)CC[C@H](O[C@@H]6O[C@H](C)[C@@H](O[C@@H]7O[C@H](CO)[C@@H](O[C@@H]8O[C@H](O)[C@H](O)[C@@H](OC9O[C@H](CO)[C@@H](OC%10O[C@H](O)[C@@H](O)[C@H](O)[C@H]%10O)[C@H](O)[C@H]9O)[C@H]8O)[C@H](O)[C@H]7O)[C@@H](O)[C@H]6O)C[C@@H]5CC[C@]43C)C1[C@@H]2C. The fourth-order valence-corrected chi connectivity index (χ4v) is 17.8. The van der Waals surface area contributed by atoms with Crippen molar-refractivity contribution in [3.05, 3.63) is 0 Å². The summed E-state index contributed by atoms with van der Waals surface area (Å²) >= 11 is 0. The van der Waals surface area contributed by atoms with Crippen LogP contribution in [0.15, 0.2) is 0 Å². The van der Waals surface area contributed by atoms with Crippen molar-refractivity contribution in [3.8, 4) is 0 Å². The molecule has 11 rings (SSSR count). The summed E-state index contributed by atoms with van der Waals surface area (Å²) in [7, 11) is 0. The van der Waals surface area contributed by atoms with Crippen LogP contribution >= 0.6 is 0 Å². The molecule has 0 radical (unpaired) electrons. The van der Waals surface area contributed by atoms with E-state index in [1.54, 1.807) is 6.92 Å². The molecule has 1 spiro atoms. The molecule has 7 heterocycles. The minimum atomic E-state index is -2.22. The fraction of sp³-hybridized carbons (Fsp3) is 1.00. The van der Waals surface area contributed by atoms with E-state index in [0.717, 1.165) is 64.4 Å². The molecule has 37 atom stereocenters. The van der Waals surface area contributed by atoms with Crippen LogP contribution < -0.4 is 0 Å². The number of fused-ring (bicyclic) bond motifs is 7. The topological polar surface area (TPSA) is 414 Å². The molecule has 27 nitrogen and oxygen atoms in total. The van der Waals surface area contributed by atoms with Gasteiger partial charge in [0.2, 0.25) is 0 Å². The molecule has 0 aromatic rings. The van der Waals surface area contributed by atoms with Gasteiger partial charge in [-0.25, -0.2) is 0 Å². The third-order valence-electron chi connectivity index (χ3n) is 22.5. The van der Waals surface area contributed by atoms with Crippen molar-refractivity contribution >= 4 is 0 Å². The summed E-state index contributed by atoms with van der Waals surface area (Å²) in [5.41, 5.74) is 0.431. The van der Waals surface area contributed by atoms with Gasteiger partial charge in [0.25, 0.3) is 0 Å². The number of ether oxygens (including phenoxy) is 12. The van der Waals surface area contributed by atoms with E-state index < -0.39 is 173 Å². The zero-order valence-electron chi connectivity index (χ0n) is 47.9. The molecule has 7 saturated heterocycles. The van der Waals surface area contributed by atoms with Crippen molar-refractivity contribution < 1.29 is 133 Å². The Morgan fingerprint density at radius 1 is 0.434 bits per heavy atom. The van der Waals surface area contributed by atoms with Gasteiger partial charge in [0.1, 0.15) is 104 Å². The second-order valence-electron chi connectivity index (χ2n) is 27.2. The summed E-state index contributed by atoms with van der Waals surface area (Å²) in [6, 6.07) is 0. The van der Waals surface area contributed by atoms with Crippen LogP contribution in [0.2, 0.25) is 0 Å². The minimum absolute atomic E-state index is 0.0902. The molecule has 11 fully saturated rings. The molecule has 7 aliphatic heterocycles. The maximum absolute atomic E-state index is 11.6. The molecule has 0 bridgehead atoms. The Morgan fingerprint density at radius 3 is 1.53 bits per heavy atom. The lowest BCUT2D eigenvalue weighted by atomic mass is 9.39. The monoisotopic (exact) mass is 1200 g/mol. The summed E-state index contributed by atoms with van der Waals surface area (Å²) < 4.78 is 70.9. The maximum atomic E-state index is 11.6. The van der Waals surface area contributed by atoms with Crippen LogP contribution in [0.25, 0.3) is 0 Å². The van der Waals surface area contributed by atoms with Crippen LogP contribution in [0.4, 0.5) is 0 Å². The second-order valence-corrected chi connectivity index (χ2v) is 27.2. The van der Waals surface area contributed by atoms with Crippen molar-refractivity contribution in [1.82, 2.24) is 0 Å². The molecule has 5 unspecified atom stereocenters. The standard InChI is InChI=1S/C56H92O27/c1-20-7-14-56(72-19-20)21(2)30-25(83-56)16-29-54(5)11-8-23-15-24(9-12-53(23,4)28(54)10-13-55(29,30)6)74-48-37(65)32(60)42(22(3)73-48)77-49-38(66)33(61)44(27(18-58)75-49)79-52-41(69)45(40(68)47(71)82-52)80-50-39(67)34(62)43(26(17-57)76-50)78-51-36(64)31(59)35(63)46(70)81-51/h20-52,57-71H,7-19H2,1-6H3/t20-,21+,22-,23+,24+,25?,26-,27-,28?,29+,30?,31+,32+,33-,34-,35+,36-,37-,38-,39-,40-,41-,42-,43-,44-,45-,46+,47+,48+,49+,50?,51?,52-,53+,54-,55+,56-/m1/s1. The number of hydrogen-bond donors (Lipinski definition) is 15. The Morgan fingerprint density at radius 2 is 0.940 bits per heavy atom. The van der Waals surface area contributed by atoms with Crippen LogP contribution in [-0.2, 0) is 56.8 Å². The lowest BCUT2D eigenvalue weighted by molar-refractivity contribution is -0.408. The molecule has 11 aliphatic rings. The van der Waals surface area contributed by atoms with Crippen LogP contribution in [0, 0.1) is 51.8 Å². The fourth-order valence-electron chi connectivity index (χ4n) is 17.8. The molecule has 27 heteroatoms. The van der Waals surface area contributed by atoms with Crippen molar-refractivity contribution in [2.75, 3.05) is 19.8 Å². The van der Waals surface area contributed by atoms with E-state index in [4.69, 9.17) is 56.8 Å². The van der Waals surface area contributed by atoms with Gasteiger partial charge in [-0.2, -0.15) is 0 Å². The van der Waals surface area contributed by atoms with E-state index >= 15 is 0 Å². The van der Waals surface area contributed by atoms with Crippen LogP contribution in [0.3, 0.4) is 0 Å². The van der Waals surface area contributed by atoms with Crippen molar-refractivity contribution in [3.63, 3.8) is 0 Å². The van der Waals surface area contributed by atoms with Gasteiger partial charge in [0.05, 0.1) is 38.1 Å². The average Bonchev–Trinajstić information content (AvgIpc) is 2.42. The molecule has 83 heavy (non-hydrogen) atoms.